The highest BCUT2D eigenvalue weighted by molar-refractivity contribution is 8.19. The highest BCUT2D eigenvalue weighted by atomic mass is 32.2. The van der Waals surface area contributed by atoms with Crippen molar-refractivity contribution >= 4 is 59.8 Å². The summed E-state index contributed by atoms with van der Waals surface area (Å²) < 4.78 is 3.13. The molecule has 0 spiro atoms. The van der Waals surface area contributed by atoms with Crippen LogP contribution in [0.1, 0.15) is 171 Å². The van der Waals surface area contributed by atoms with E-state index in [-0.39, 0.29) is 32.5 Å². The summed E-state index contributed by atoms with van der Waals surface area (Å²) >= 11 is 3.94. The molecule has 0 fully saturated rings. The predicted octanol–water partition coefficient (Wildman–Crippen LogP) is 13.1. The van der Waals surface area contributed by atoms with Gasteiger partial charge in [-0.2, -0.15) is 0 Å². The Morgan fingerprint density at radius 3 is 0.783 bits per heavy atom. The lowest BCUT2D eigenvalue weighted by atomic mass is 9.75. The number of benzene rings is 2. The molecule has 0 nitrogen and oxygen atoms in total. The SMILES string of the molecule is CSC(CCC(=Pc1c(C(C)(C)C)cc(C(C)(C)C)cc1C(C)(C)C)SC)=Pc1c(C(C)(C)C)cc(C(C)(C)C)cc1C(C)(C)C. The van der Waals surface area contributed by atoms with Crippen LogP contribution in [0.15, 0.2) is 24.3 Å². The van der Waals surface area contributed by atoms with Crippen LogP contribution >= 0.6 is 39.9 Å². The van der Waals surface area contributed by atoms with Crippen molar-refractivity contribution in [1.29, 1.82) is 0 Å². The van der Waals surface area contributed by atoms with Gasteiger partial charge in [0.15, 0.2) is 0 Å². The molecular formula is C42H68P2S2. The van der Waals surface area contributed by atoms with Gasteiger partial charge in [-0.25, -0.2) is 0 Å². The van der Waals surface area contributed by atoms with Gasteiger partial charge in [0.1, 0.15) is 0 Å². The van der Waals surface area contributed by atoms with Crippen molar-refractivity contribution in [3.63, 3.8) is 0 Å². The molecule has 0 aliphatic rings. The Bertz CT molecular complexity index is 1250. The fourth-order valence-corrected chi connectivity index (χ4v) is 10.5. The summed E-state index contributed by atoms with van der Waals surface area (Å²) in [5.74, 6) is 0. The van der Waals surface area contributed by atoms with Gasteiger partial charge in [-0.05, 0) is 91.2 Å². The van der Waals surface area contributed by atoms with E-state index in [2.05, 4.69) is 161 Å². The molecule has 0 aromatic heterocycles. The maximum Gasteiger partial charge on any atom is 0.0127 e. The van der Waals surface area contributed by atoms with Crippen molar-refractivity contribution in [2.24, 2.45) is 0 Å². The van der Waals surface area contributed by atoms with Crippen LogP contribution < -0.4 is 10.6 Å². The lowest BCUT2D eigenvalue weighted by Gasteiger charge is -2.33. The molecule has 0 N–H and O–H groups in total. The lowest BCUT2D eigenvalue weighted by Crippen LogP contribution is -2.30. The molecule has 2 rings (SSSR count). The third kappa shape index (κ3) is 11.0. The van der Waals surface area contributed by atoms with Crippen molar-refractivity contribution < 1.29 is 0 Å². The number of hydrogen-bond donors (Lipinski definition) is 0. The summed E-state index contributed by atoms with van der Waals surface area (Å²) in [4.78, 5) is 0. The lowest BCUT2D eigenvalue weighted by molar-refractivity contribution is 0.553. The van der Waals surface area contributed by atoms with E-state index < -0.39 is 0 Å². The molecule has 0 amide bonds. The smallest absolute Gasteiger partial charge is 0.0127 e. The Hall–Kier alpha value is -0.520. The summed E-state index contributed by atoms with van der Waals surface area (Å²) in [6.07, 6.45) is 6.79. The van der Waals surface area contributed by atoms with E-state index in [9.17, 15) is 0 Å². The van der Waals surface area contributed by atoms with Gasteiger partial charge in [-0.15, -0.1) is 23.5 Å². The van der Waals surface area contributed by atoms with E-state index >= 15 is 0 Å². The van der Waals surface area contributed by atoms with Crippen LogP contribution in [-0.4, -0.2) is 21.8 Å². The van der Waals surface area contributed by atoms with Crippen LogP contribution in [0.4, 0.5) is 0 Å². The first kappa shape index (κ1) is 41.7. The summed E-state index contributed by atoms with van der Waals surface area (Å²) in [7, 11) is 2.76. The molecule has 258 valence electrons. The van der Waals surface area contributed by atoms with Gasteiger partial charge in [0.25, 0.3) is 0 Å². The minimum atomic E-state index is 0.0776. The Labute approximate surface area is 298 Å². The van der Waals surface area contributed by atoms with Crippen molar-refractivity contribution in [2.45, 2.75) is 170 Å². The van der Waals surface area contributed by atoms with Crippen LogP contribution in [0.25, 0.3) is 0 Å². The van der Waals surface area contributed by atoms with E-state index in [0.717, 1.165) is 12.8 Å². The van der Waals surface area contributed by atoms with Crippen LogP contribution in [-0.2, 0) is 32.5 Å². The van der Waals surface area contributed by atoms with E-state index in [1.807, 2.05) is 23.5 Å². The zero-order valence-corrected chi connectivity index (χ0v) is 36.9. The summed E-state index contributed by atoms with van der Waals surface area (Å²) in [5.41, 5.74) is 9.48. The summed E-state index contributed by atoms with van der Waals surface area (Å²) in [6.45, 7) is 42.8. The molecule has 0 heterocycles. The maximum absolute atomic E-state index is 2.52. The maximum atomic E-state index is 2.52. The first-order valence-corrected chi connectivity index (χ1v) is 21.4. The standard InChI is InChI=1S/C42H68P2S2/c1-37(2,3)27-23-29(39(7,8)9)35(30(24-27)40(10,11)12)43-33(45-19)21-22-34(46-20)44-36-31(41(13,14)15)25-28(38(4,5)6)26-32(36)42(16,17)18/h23-26H,21-22H2,1-20H3. The van der Waals surface area contributed by atoms with Gasteiger partial charge < -0.3 is 0 Å². The van der Waals surface area contributed by atoms with Gasteiger partial charge in [-0.3, -0.25) is 0 Å². The molecule has 0 saturated heterocycles. The second-order valence-corrected chi connectivity index (χ2v) is 24.1. The molecule has 0 aliphatic heterocycles. The molecule has 0 radical (unpaired) electrons. The minimum Gasteiger partial charge on any atom is -0.129 e. The molecule has 4 heteroatoms. The highest BCUT2D eigenvalue weighted by Crippen LogP contribution is 2.38. The highest BCUT2D eigenvalue weighted by Gasteiger charge is 2.30. The topological polar surface area (TPSA) is 0 Å². The molecule has 0 saturated carbocycles. The molecular weight excluding hydrogens is 631 g/mol. The third-order valence-corrected chi connectivity index (χ3v) is 14.0. The van der Waals surface area contributed by atoms with Crippen molar-refractivity contribution in [2.75, 3.05) is 12.5 Å². The normalized spacial score (nSPS) is 14.7. The van der Waals surface area contributed by atoms with Gasteiger partial charge in [0.2, 0.25) is 0 Å². The van der Waals surface area contributed by atoms with E-state index in [4.69, 9.17) is 0 Å². The monoisotopic (exact) mass is 698 g/mol. The fourth-order valence-electron chi connectivity index (χ4n) is 5.53. The molecule has 0 unspecified atom stereocenters. The Morgan fingerprint density at radius 1 is 0.413 bits per heavy atom. The first-order chi connectivity index (χ1) is 20.5. The van der Waals surface area contributed by atoms with Gasteiger partial charge in [0, 0.05) is 19.9 Å². The zero-order chi connectivity index (χ0) is 35.8. The molecule has 2 aromatic carbocycles. The van der Waals surface area contributed by atoms with E-state index in [0.29, 0.717) is 0 Å². The second kappa shape index (κ2) is 14.8. The van der Waals surface area contributed by atoms with Crippen molar-refractivity contribution in [3.8, 4) is 0 Å². The van der Waals surface area contributed by atoms with Crippen LogP contribution in [0.2, 0.25) is 0 Å². The largest absolute Gasteiger partial charge is 0.129 e. The van der Waals surface area contributed by atoms with Crippen molar-refractivity contribution in [3.05, 3.63) is 57.6 Å². The average Bonchev–Trinajstić information content (AvgIpc) is 2.86. The van der Waals surface area contributed by atoms with Gasteiger partial charge in [-0.1, -0.05) is 165 Å². The molecule has 0 atom stereocenters. The fraction of sp³-hybridized carbons (Fsp3) is 0.667. The zero-order valence-electron chi connectivity index (χ0n) is 33.4. The number of hydrogen-bond acceptors (Lipinski definition) is 2. The summed E-state index contributed by atoms with van der Waals surface area (Å²) in [5, 5.41) is 3.06. The van der Waals surface area contributed by atoms with Crippen LogP contribution in [0.5, 0.6) is 0 Å². The molecule has 46 heavy (non-hydrogen) atoms. The van der Waals surface area contributed by atoms with E-state index in [1.165, 1.54) is 60.4 Å². The Kier molecular flexibility index (Phi) is 13.4. The predicted molar refractivity (Wildman–Crippen MR) is 224 cm³/mol. The van der Waals surface area contributed by atoms with E-state index in [1.54, 1.807) is 9.25 Å². The minimum absolute atomic E-state index is 0.0776. The quantitative estimate of drug-likeness (QED) is 0.264. The number of rotatable bonds is 7. The van der Waals surface area contributed by atoms with Crippen LogP contribution in [0, 0.1) is 0 Å². The van der Waals surface area contributed by atoms with Gasteiger partial charge in [0.05, 0.1) is 0 Å². The Balaban J connectivity index is 2.77. The molecule has 0 bridgehead atoms. The number of thioether (sulfide) groups is 2. The second-order valence-electron chi connectivity index (χ2n) is 19.3. The average molecular weight is 699 g/mol. The summed E-state index contributed by atoms with van der Waals surface area (Å²) in [6, 6.07) is 10.1. The first-order valence-electron chi connectivity index (χ1n) is 17.1. The van der Waals surface area contributed by atoms with Crippen LogP contribution in [0.3, 0.4) is 0 Å². The molecule has 0 aliphatic carbocycles. The molecule has 2 aromatic rings. The Morgan fingerprint density at radius 2 is 0.630 bits per heavy atom. The van der Waals surface area contributed by atoms with Gasteiger partial charge >= 0.3 is 0 Å². The third-order valence-electron chi connectivity index (χ3n) is 8.68. The van der Waals surface area contributed by atoms with Crippen molar-refractivity contribution in [1.82, 2.24) is 0 Å².